The number of allylic oxidation sites excluding steroid dienone is 1. The highest BCUT2D eigenvalue weighted by Crippen LogP contribution is 2.29. The Kier molecular flexibility index (Phi) is 2.88. The van der Waals surface area contributed by atoms with E-state index in [1.807, 2.05) is 26.0 Å². The maximum absolute atomic E-state index is 5.94. The van der Waals surface area contributed by atoms with E-state index in [4.69, 9.17) is 19.9 Å². The van der Waals surface area contributed by atoms with Crippen LogP contribution in [0.2, 0.25) is 0 Å². The number of ether oxygens (including phenoxy) is 3. The predicted molar refractivity (Wildman–Crippen MR) is 65.4 cm³/mol. The van der Waals surface area contributed by atoms with E-state index < -0.39 is 5.79 Å². The lowest BCUT2D eigenvalue weighted by atomic mass is 10.1. The van der Waals surface area contributed by atoms with E-state index >= 15 is 0 Å². The van der Waals surface area contributed by atoms with Crippen molar-refractivity contribution < 1.29 is 14.2 Å². The molecule has 0 unspecified atom stereocenters. The van der Waals surface area contributed by atoms with Gasteiger partial charge in [-0.15, -0.1) is 0 Å². The van der Waals surface area contributed by atoms with Crippen molar-refractivity contribution in [3.63, 3.8) is 0 Å². The van der Waals surface area contributed by atoms with Crippen LogP contribution in [0.3, 0.4) is 0 Å². The van der Waals surface area contributed by atoms with Gasteiger partial charge in [-0.05, 0) is 11.6 Å². The quantitative estimate of drug-likeness (QED) is 0.817. The van der Waals surface area contributed by atoms with Crippen LogP contribution in [-0.2, 0) is 15.9 Å². The lowest BCUT2D eigenvalue weighted by Crippen LogP contribution is -2.20. The number of hydrogen-bond acceptors (Lipinski definition) is 4. The van der Waals surface area contributed by atoms with Crippen LogP contribution in [0.4, 0.5) is 5.69 Å². The highest BCUT2D eigenvalue weighted by molar-refractivity contribution is 5.52. The molecule has 0 atom stereocenters. The third-order valence-corrected chi connectivity index (χ3v) is 2.57. The van der Waals surface area contributed by atoms with Gasteiger partial charge >= 0.3 is 0 Å². The van der Waals surface area contributed by atoms with Gasteiger partial charge in [0.1, 0.15) is 17.8 Å². The first-order valence-corrected chi connectivity index (χ1v) is 5.48. The fourth-order valence-corrected chi connectivity index (χ4v) is 1.70. The van der Waals surface area contributed by atoms with Crippen LogP contribution < -0.4 is 10.5 Å². The second kappa shape index (κ2) is 4.20. The van der Waals surface area contributed by atoms with Crippen LogP contribution in [0.1, 0.15) is 19.4 Å². The summed E-state index contributed by atoms with van der Waals surface area (Å²) in [7, 11) is 1.62. The van der Waals surface area contributed by atoms with Crippen molar-refractivity contribution in [2.45, 2.75) is 26.1 Å². The van der Waals surface area contributed by atoms with Gasteiger partial charge in [-0.25, -0.2) is 0 Å². The van der Waals surface area contributed by atoms with Crippen molar-refractivity contribution in [2.75, 3.05) is 12.8 Å². The molecule has 0 aromatic heterocycles. The first kappa shape index (κ1) is 11.6. The molecule has 1 aromatic carbocycles. The Labute approximate surface area is 101 Å². The second-order valence-corrected chi connectivity index (χ2v) is 4.45. The topological polar surface area (TPSA) is 53.7 Å². The Balaban J connectivity index is 2.10. The lowest BCUT2D eigenvalue weighted by molar-refractivity contribution is -0.117. The molecule has 17 heavy (non-hydrogen) atoms. The largest absolute Gasteiger partial charge is 0.497 e. The Morgan fingerprint density at radius 2 is 2.12 bits per heavy atom. The molecule has 1 aliphatic rings. The minimum atomic E-state index is -0.573. The smallest absolute Gasteiger partial charge is 0.244 e. The first-order chi connectivity index (χ1) is 8.00. The molecule has 0 amide bonds. The molecule has 1 aliphatic heterocycles. The highest BCUT2D eigenvalue weighted by Gasteiger charge is 2.27. The predicted octanol–water partition coefficient (Wildman–Crippen LogP) is 2.44. The zero-order chi connectivity index (χ0) is 12.5. The van der Waals surface area contributed by atoms with Crippen LogP contribution in [0, 0.1) is 0 Å². The van der Waals surface area contributed by atoms with Crippen molar-refractivity contribution in [2.24, 2.45) is 0 Å². The molecular weight excluding hydrogens is 218 g/mol. The Morgan fingerprint density at radius 3 is 2.65 bits per heavy atom. The number of rotatable bonds is 3. The molecular formula is C13H17NO3. The first-order valence-electron chi connectivity index (χ1n) is 5.48. The summed E-state index contributed by atoms with van der Waals surface area (Å²) in [6, 6.07) is 5.62. The minimum Gasteiger partial charge on any atom is -0.497 e. The summed E-state index contributed by atoms with van der Waals surface area (Å²) in [4.78, 5) is 0. The molecule has 1 heterocycles. The van der Waals surface area contributed by atoms with E-state index in [9.17, 15) is 0 Å². The van der Waals surface area contributed by atoms with Crippen molar-refractivity contribution >= 4 is 5.69 Å². The number of hydrogen-bond donors (Lipinski definition) is 1. The molecule has 0 bridgehead atoms. The number of nitrogen functional groups attached to an aromatic ring is 1. The van der Waals surface area contributed by atoms with Gasteiger partial charge in [-0.3, -0.25) is 0 Å². The summed E-state index contributed by atoms with van der Waals surface area (Å²) in [6.07, 6.45) is 2.27. The van der Waals surface area contributed by atoms with Gasteiger partial charge in [0.05, 0.1) is 7.11 Å². The monoisotopic (exact) mass is 235 g/mol. The molecule has 2 N–H and O–H groups in total. The van der Waals surface area contributed by atoms with Crippen LogP contribution in [-0.4, -0.2) is 12.9 Å². The molecule has 0 saturated heterocycles. The van der Waals surface area contributed by atoms with Gasteiger partial charge in [-0.1, -0.05) is 6.07 Å². The maximum atomic E-state index is 5.94. The zero-order valence-electron chi connectivity index (χ0n) is 10.3. The van der Waals surface area contributed by atoms with Crippen LogP contribution in [0.25, 0.3) is 0 Å². The normalized spacial score (nSPS) is 17.0. The molecule has 1 aromatic rings. The van der Waals surface area contributed by atoms with Crippen molar-refractivity contribution in [1.82, 2.24) is 0 Å². The van der Waals surface area contributed by atoms with Crippen LogP contribution >= 0.6 is 0 Å². The molecule has 0 spiro atoms. The van der Waals surface area contributed by atoms with Gasteiger partial charge in [0, 0.05) is 32.0 Å². The lowest BCUT2D eigenvalue weighted by Gasteiger charge is -2.18. The van der Waals surface area contributed by atoms with Gasteiger partial charge in [-0.2, -0.15) is 0 Å². The summed E-state index contributed by atoms with van der Waals surface area (Å²) in [5.41, 5.74) is 7.63. The van der Waals surface area contributed by atoms with Crippen LogP contribution in [0.15, 0.2) is 30.2 Å². The van der Waals surface area contributed by atoms with Crippen molar-refractivity contribution in [1.29, 1.82) is 0 Å². The van der Waals surface area contributed by atoms with Crippen molar-refractivity contribution in [3.05, 3.63) is 35.8 Å². The standard InChI is InChI=1S/C13H17NO3/c1-13(2)16-8-11(17-13)6-9-4-5-10(15-3)7-12(9)14/h4-5,7-8H,6,14H2,1-3H3. The van der Waals surface area contributed by atoms with E-state index in [0.717, 1.165) is 17.1 Å². The summed E-state index contributed by atoms with van der Waals surface area (Å²) >= 11 is 0. The van der Waals surface area contributed by atoms with E-state index in [2.05, 4.69) is 0 Å². The molecule has 2 rings (SSSR count). The van der Waals surface area contributed by atoms with Gasteiger partial charge in [0.15, 0.2) is 0 Å². The third-order valence-electron chi connectivity index (χ3n) is 2.57. The van der Waals surface area contributed by atoms with E-state index in [1.165, 1.54) is 0 Å². The Hall–Kier alpha value is -1.84. The average molecular weight is 235 g/mol. The molecule has 0 saturated carbocycles. The van der Waals surface area contributed by atoms with E-state index in [1.54, 1.807) is 19.4 Å². The maximum Gasteiger partial charge on any atom is 0.244 e. The van der Waals surface area contributed by atoms with Gasteiger partial charge in [0.25, 0.3) is 0 Å². The number of methoxy groups -OCH3 is 1. The molecule has 4 heteroatoms. The number of anilines is 1. The average Bonchev–Trinajstić information content (AvgIpc) is 2.61. The second-order valence-electron chi connectivity index (χ2n) is 4.45. The van der Waals surface area contributed by atoms with Gasteiger partial charge in [0.2, 0.25) is 5.79 Å². The molecule has 0 fully saturated rings. The summed E-state index contributed by atoms with van der Waals surface area (Å²) in [5.74, 6) is 0.965. The van der Waals surface area contributed by atoms with Gasteiger partial charge < -0.3 is 19.9 Å². The number of nitrogens with two attached hydrogens (primary N) is 1. The molecule has 4 nitrogen and oxygen atoms in total. The molecule has 0 radical (unpaired) electrons. The zero-order valence-corrected chi connectivity index (χ0v) is 10.3. The molecule has 92 valence electrons. The summed E-state index contributed by atoms with van der Waals surface area (Å²) < 4.78 is 16.1. The Bertz CT molecular complexity index is 452. The Morgan fingerprint density at radius 1 is 1.35 bits per heavy atom. The minimum absolute atomic E-state index is 0.573. The van der Waals surface area contributed by atoms with Crippen LogP contribution in [0.5, 0.6) is 5.75 Å². The van der Waals surface area contributed by atoms with E-state index in [0.29, 0.717) is 12.1 Å². The summed E-state index contributed by atoms with van der Waals surface area (Å²) in [5, 5.41) is 0. The third kappa shape index (κ3) is 2.64. The fourth-order valence-electron chi connectivity index (χ4n) is 1.70. The van der Waals surface area contributed by atoms with E-state index in [-0.39, 0.29) is 0 Å². The number of benzene rings is 1. The summed E-state index contributed by atoms with van der Waals surface area (Å²) in [6.45, 7) is 3.74. The molecule has 0 aliphatic carbocycles. The fraction of sp³-hybridized carbons (Fsp3) is 0.385. The SMILES string of the molecule is COc1ccc(CC2=COC(C)(C)O2)c(N)c1. The van der Waals surface area contributed by atoms with Crippen molar-refractivity contribution in [3.8, 4) is 5.75 Å². The highest BCUT2D eigenvalue weighted by atomic mass is 16.7.